The highest BCUT2D eigenvalue weighted by molar-refractivity contribution is 5.45. The van der Waals surface area contributed by atoms with E-state index in [0.717, 1.165) is 24.4 Å². The number of nitrogens with two attached hydrogens (primary N) is 1. The van der Waals surface area contributed by atoms with Crippen molar-refractivity contribution >= 4 is 0 Å². The highest BCUT2D eigenvalue weighted by Gasteiger charge is 2.33. The summed E-state index contributed by atoms with van der Waals surface area (Å²) in [4.78, 5) is 4.33. The lowest BCUT2D eigenvalue weighted by atomic mass is 10.0. The van der Waals surface area contributed by atoms with Gasteiger partial charge in [0.2, 0.25) is 0 Å². The number of methoxy groups -OCH3 is 1. The summed E-state index contributed by atoms with van der Waals surface area (Å²) in [6, 6.07) is 3.11. The molecule has 0 fully saturated rings. The standard InChI is InChI=1S/C14H22FN3O/c1-17(2)6-7-18-9-10-13(19-3)5-4-11(15)14(10)12(18)8-16/h4-5,12H,6-9,16H2,1-3H3. The zero-order chi connectivity index (χ0) is 14.0. The molecule has 106 valence electrons. The molecule has 0 bridgehead atoms. The number of hydrogen-bond acceptors (Lipinski definition) is 4. The molecule has 0 aliphatic carbocycles. The Kier molecular flexibility index (Phi) is 4.39. The highest BCUT2D eigenvalue weighted by Crippen LogP contribution is 2.39. The molecule has 0 spiro atoms. The third kappa shape index (κ3) is 2.73. The average molecular weight is 267 g/mol. The topological polar surface area (TPSA) is 41.7 Å². The maximum absolute atomic E-state index is 14.1. The van der Waals surface area contributed by atoms with Crippen LogP contribution < -0.4 is 10.5 Å². The number of halogens is 1. The van der Waals surface area contributed by atoms with E-state index in [4.69, 9.17) is 10.5 Å². The fraction of sp³-hybridized carbons (Fsp3) is 0.571. The Hall–Kier alpha value is -1.17. The molecule has 5 heteroatoms. The first-order valence-corrected chi connectivity index (χ1v) is 6.52. The molecular formula is C14H22FN3O. The first-order chi connectivity index (χ1) is 9.08. The van der Waals surface area contributed by atoms with Gasteiger partial charge in [-0.25, -0.2) is 4.39 Å². The Labute approximate surface area is 113 Å². The van der Waals surface area contributed by atoms with Crippen molar-refractivity contribution in [2.75, 3.05) is 40.8 Å². The summed E-state index contributed by atoms with van der Waals surface area (Å²) in [7, 11) is 5.68. The van der Waals surface area contributed by atoms with Gasteiger partial charge in [-0.1, -0.05) is 0 Å². The summed E-state index contributed by atoms with van der Waals surface area (Å²) < 4.78 is 19.4. The predicted molar refractivity (Wildman–Crippen MR) is 73.7 cm³/mol. The van der Waals surface area contributed by atoms with Gasteiger partial charge in [-0.05, 0) is 26.2 Å². The van der Waals surface area contributed by atoms with E-state index in [1.165, 1.54) is 6.07 Å². The number of likely N-dealkylation sites (N-methyl/N-ethyl adjacent to an activating group) is 1. The Morgan fingerprint density at radius 3 is 2.79 bits per heavy atom. The molecule has 1 unspecified atom stereocenters. The molecule has 0 saturated carbocycles. The Morgan fingerprint density at radius 2 is 2.21 bits per heavy atom. The molecule has 1 aromatic rings. The Bertz CT molecular complexity index is 451. The monoisotopic (exact) mass is 267 g/mol. The SMILES string of the molecule is COc1ccc(F)c2c1CN(CCN(C)C)C2CN. The molecule has 19 heavy (non-hydrogen) atoms. The second kappa shape index (κ2) is 5.86. The van der Waals surface area contributed by atoms with Gasteiger partial charge in [0, 0.05) is 37.3 Å². The van der Waals surface area contributed by atoms with Crippen molar-refractivity contribution in [3.05, 3.63) is 29.1 Å². The van der Waals surface area contributed by atoms with Crippen LogP contribution in [0.4, 0.5) is 4.39 Å². The number of rotatable bonds is 5. The number of benzene rings is 1. The van der Waals surface area contributed by atoms with Crippen molar-refractivity contribution in [1.82, 2.24) is 9.80 Å². The second-order valence-corrected chi connectivity index (χ2v) is 5.17. The molecular weight excluding hydrogens is 245 g/mol. The van der Waals surface area contributed by atoms with Gasteiger partial charge < -0.3 is 15.4 Å². The van der Waals surface area contributed by atoms with E-state index in [1.807, 2.05) is 14.1 Å². The third-order valence-corrected chi connectivity index (χ3v) is 3.67. The van der Waals surface area contributed by atoms with Crippen molar-refractivity contribution in [1.29, 1.82) is 0 Å². The molecule has 2 N–H and O–H groups in total. The Balaban J connectivity index is 2.29. The second-order valence-electron chi connectivity index (χ2n) is 5.17. The largest absolute Gasteiger partial charge is 0.496 e. The minimum atomic E-state index is -0.182. The molecule has 0 radical (unpaired) electrons. The summed E-state index contributed by atoms with van der Waals surface area (Å²) in [5.41, 5.74) is 7.49. The molecule has 1 aliphatic heterocycles. The van der Waals surface area contributed by atoms with Crippen molar-refractivity contribution < 1.29 is 9.13 Å². The van der Waals surface area contributed by atoms with Gasteiger partial charge in [0.05, 0.1) is 13.2 Å². The van der Waals surface area contributed by atoms with Crippen LogP contribution in [0.15, 0.2) is 12.1 Å². The minimum Gasteiger partial charge on any atom is -0.496 e. The number of fused-ring (bicyclic) bond motifs is 1. The highest BCUT2D eigenvalue weighted by atomic mass is 19.1. The van der Waals surface area contributed by atoms with Crippen LogP contribution in [0.2, 0.25) is 0 Å². The van der Waals surface area contributed by atoms with Crippen LogP contribution in [0, 0.1) is 5.82 Å². The normalized spacial score (nSPS) is 18.9. The molecule has 1 aromatic carbocycles. The Morgan fingerprint density at radius 1 is 1.47 bits per heavy atom. The van der Waals surface area contributed by atoms with Crippen molar-refractivity contribution in [3.63, 3.8) is 0 Å². The van der Waals surface area contributed by atoms with Crippen LogP contribution in [0.3, 0.4) is 0 Å². The van der Waals surface area contributed by atoms with Crippen molar-refractivity contribution in [3.8, 4) is 5.75 Å². The lowest BCUT2D eigenvalue weighted by molar-refractivity contribution is 0.195. The van der Waals surface area contributed by atoms with Crippen LogP contribution >= 0.6 is 0 Å². The summed E-state index contributed by atoms with van der Waals surface area (Å²) >= 11 is 0. The van der Waals surface area contributed by atoms with Gasteiger partial charge in [0.1, 0.15) is 11.6 Å². The van der Waals surface area contributed by atoms with Gasteiger partial charge in [-0.15, -0.1) is 0 Å². The predicted octanol–water partition coefficient (Wildman–Crippen LogP) is 1.21. The van der Waals surface area contributed by atoms with E-state index >= 15 is 0 Å². The lowest BCUT2D eigenvalue weighted by Gasteiger charge is -2.25. The van der Waals surface area contributed by atoms with E-state index in [2.05, 4.69) is 9.80 Å². The van der Waals surface area contributed by atoms with Crippen LogP contribution in [-0.2, 0) is 6.54 Å². The molecule has 0 aromatic heterocycles. The smallest absolute Gasteiger partial charge is 0.128 e. The molecule has 0 saturated heterocycles. The van der Waals surface area contributed by atoms with E-state index in [-0.39, 0.29) is 11.9 Å². The van der Waals surface area contributed by atoms with Gasteiger partial charge in [-0.3, -0.25) is 4.90 Å². The molecule has 1 aliphatic rings. The summed E-state index contributed by atoms with van der Waals surface area (Å²) in [5, 5.41) is 0. The third-order valence-electron chi connectivity index (χ3n) is 3.67. The van der Waals surface area contributed by atoms with Gasteiger partial charge in [0.15, 0.2) is 0 Å². The fourth-order valence-corrected chi connectivity index (χ4v) is 2.66. The maximum Gasteiger partial charge on any atom is 0.128 e. The summed E-state index contributed by atoms with van der Waals surface area (Å²) in [6.45, 7) is 2.91. The van der Waals surface area contributed by atoms with Crippen molar-refractivity contribution in [2.24, 2.45) is 5.73 Å². The number of hydrogen-bond donors (Lipinski definition) is 1. The molecule has 4 nitrogen and oxygen atoms in total. The first-order valence-electron chi connectivity index (χ1n) is 6.52. The van der Waals surface area contributed by atoms with Crippen LogP contribution in [0.5, 0.6) is 5.75 Å². The van der Waals surface area contributed by atoms with Gasteiger partial charge in [0.25, 0.3) is 0 Å². The first kappa shape index (κ1) is 14.2. The quantitative estimate of drug-likeness (QED) is 0.871. The van der Waals surface area contributed by atoms with Crippen molar-refractivity contribution in [2.45, 2.75) is 12.6 Å². The number of ether oxygens (including phenoxy) is 1. The molecule has 2 rings (SSSR count). The fourth-order valence-electron chi connectivity index (χ4n) is 2.66. The lowest BCUT2D eigenvalue weighted by Crippen LogP contribution is -2.34. The molecule has 1 atom stereocenters. The van der Waals surface area contributed by atoms with Crippen LogP contribution in [0.25, 0.3) is 0 Å². The zero-order valence-electron chi connectivity index (χ0n) is 11.8. The molecule has 1 heterocycles. The van der Waals surface area contributed by atoms with Gasteiger partial charge in [-0.2, -0.15) is 0 Å². The van der Waals surface area contributed by atoms with Gasteiger partial charge >= 0.3 is 0 Å². The summed E-state index contributed by atoms with van der Waals surface area (Å²) in [6.07, 6.45) is 0. The average Bonchev–Trinajstić information content (AvgIpc) is 2.76. The maximum atomic E-state index is 14.1. The molecule has 0 amide bonds. The summed E-state index contributed by atoms with van der Waals surface area (Å²) in [5.74, 6) is 0.570. The number of nitrogens with zero attached hydrogens (tertiary/aromatic N) is 2. The van der Waals surface area contributed by atoms with Crippen LogP contribution in [-0.4, -0.2) is 50.6 Å². The van der Waals surface area contributed by atoms with E-state index in [9.17, 15) is 4.39 Å². The van der Waals surface area contributed by atoms with E-state index < -0.39 is 0 Å². The van der Waals surface area contributed by atoms with Crippen LogP contribution in [0.1, 0.15) is 17.2 Å². The van der Waals surface area contributed by atoms with E-state index in [0.29, 0.717) is 18.7 Å². The minimum absolute atomic E-state index is 0.0509. The zero-order valence-corrected chi connectivity index (χ0v) is 11.8. The van der Waals surface area contributed by atoms with E-state index in [1.54, 1.807) is 13.2 Å².